The maximum Gasteiger partial charge on any atom is 0.0842 e. The number of benzene rings is 1. The molecule has 5 aliphatic rings. The van der Waals surface area contributed by atoms with Crippen molar-refractivity contribution in [3.05, 3.63) is 35.9 Å². The normalized spacial score (nSPS) is 43.3. The third kappa shape index (κ3) is 3.24. The molecule has 0 amide bonds. The van der Waals surface area contributed by atoms with Crippen molar-refractivity contribution in [2.45, 2.75) is 90.5 Å². The van der Waals surface area contributed by atoms with Gasteiger partial charge in [-0.1, -0.05) is 76.7 Å². The highest BCUT2D eigenvalue weighted by molar-refractivity contribution is 7.80. The van der Waals surface area contributed by atoms with E-state index in [1.165, 1.54) is 49.9 Å². The molecule has 0 aromatic heterocycles. The molecule has 1 aromatic rings. The zero-order valence-corrected chi connectivity index (χ0v) is 20.9. The summed E-state index contributed by atoms with van der Waals surface area (Å²) >= 11 is 6.43. The molecule has 2 N–H and O–H groups in total. The summed E-state index contributed by atoms with van der Waals surface area (Å²) in [4.78, 5) is 3.88. The van der Waals surface area contributed by atoms with Crippen LogP contribution in [0.25, 0.3) is 0 Å². The molecule has 4 saturated carbocycles. The Morgan fingerprint density at radius 3 is 2.29 bits per heavy atom. The number of hydrogen-bond donors (Lipinski definition) is 1. The first-order valence-corrected chi connectivity index (χ1v) is 13.2. The second kappa shape index (κ2) is 7.29. The molecule has 3 heteroatoms. The SMILES string of the molecule is CCCC1(C)C2CC3(C(=S)N4CC[C@H](N)C(C)(C)C4)CC1CC(c1ccccc1)(C2)C3. The molecule has 2 nitrogen and oxygen atoms in total. The topological polar surface area (TPSA) is 29.3 Å². The molecule has 0 radical (unpaired) electrons. The van der Waals surface area contributed by atoms with Crippen LogP contribution in [0.1, 0.15) is 84.6 Å². The van der Waals surface area contributed by atoms with Crippen LogP contribution in [0.3, 0.4) is 0 Å². The lowest BCUT2D eigenvalue weighted by atomic mass is 9.36. The van der Waals surface area contributed by atoms with E-state index in [9.17, 15) is 0 Å². The first-order valence-electron chi connectivity index (χ1n) is 12.7. The van der Waals surface area contributed by atoms with E-state index in [0.717, 1.165) is 31.3 Å². The summed E-state index contributed by atoms with van der Waals surface area (Å²) in [5.74, 6) is 1.60. The van der Waals surface area contributed by atoms with E-state index in [0.29, 0.717) is 10.8 Å². The Morgan fingerprint density at radius 1 is 1.06 bits per heavy atom. The van der Waals surface area contributed by atoms with Crippen LogP contribution in [-0.2, 0) is 5.41 Å². The van der Waals surface area contributed by atoms with E-state index in [-0.39, 0.29) is 16.9 Å². The summed E-state index contributed by atoms with van der Waals surface area (Å²) in [6.45, 7) is 11.7. The van der Waals surface area contributed by atoms with Crippen molar-refractivity contribution in [3.8, 4) is 0 Å². The molecule has 31 heavy (non-hydrogen) atoms. The predicted octanol–water partition coefficient (Wildman–Crippen LogP) is 6.33. The second-order valence-electron chi connectivity index (χ2n) is 12.7. The van der Waals surface area contributed by atoms with Gasteiger partial charge in [0.1, 0.15) is 0 Å². The summed E-state index contributed by atoms with van der Waals surface area (Å²) in [6.07, 6.45) is 10.4. The van der Waals surface area contributed by atoms with Gasteiger partial charge in [-0.2, -0.15) is 0 Å². The Labute approximate surface area is 195 Å². The van der Waals surface area contributed by atoms with Crippen molar-refractivity contribution in [2.75, 3.05) is 13.1 Å². The van der Waals surface area contributed by atoms with Crippen LogP contribution in [0.15, 0.2) is 30.3 Å². The molecule has 2 unspecified atom stereocenters. The quantitative estimate of drug-likeness (QED) is 0.557. The van der Waals surface area contributed by atoms with Crippen molar-refractivity contribution < 1.29 is 0 Å². The van der Waals surface area contributed by atoms with Crippen LogP contribution in [0.5, 0.6) is 0 Å². The first-order chi connectivity index (χ1) is 14.6. The molecule has 170 valence electrons. The van der Waals surface area contributed by atoms with Gasteiger partial charge >= 0.3 is 0 Å². The smallest absolute Gasteiger partial charge is 0.0842 e. The summed E-state index contributed by atoms with van der Waals surface area (Å²) < 4.78 is 0. The Morgan fingerprint density at radius 2 is 1.71 bits per heavy atom. The number of thiocarbonyl (C=S) groups is 1. The van der Waals surface area contributed by atoms with Gasteiger partial charge in [0.2, 0.25) is 0 Å². The van der Waals surface area contributed by atoms with Crippen LogP contribution in [-0.4, -0.2) is 29.0 Å². The lowest BCUT2D eigenvalue weighted by Crippen LogP contribution is -2.66. The number of rotatable bonds is 4. The van der Waals surface area contributed by atoms with Gasteiger partial charge in [0.15, 0.2) is 0 Å². The Hall–Kier alpha value is -0.930. The molecule has 1 saturated heterocycles. The molecule has 6 rings (SSSR count). The van der Waals surface area contributed by atoms with E-state index in [4.69, 9.17) is 18.0 Å². The van der Waals surface area contributed by atoms with Crippen LogP contribution in [0.2, 0.25) is 0 Å². The van der Waals surface area contributed by atoms with Crippen molar-refractivity contribution in [1.82, 2.24) is 4.90 Å². The summed E-state index contributed by atoms with van der Waals surface area (Å²) in [7, 11) is 0. The minimum atomic E-state index is 0.137. The van der Waals surface area contributed by atoms with E-state index in [2.05, 4.69) is 62.9 Å². The molecule has 3 atom stereocenters. The third-order valence-electron chi connectivity index (χ3n) is 10.3. The molecule has 4 bridgehead atoms. The summed E-state index contributed by atoms with van der Waals surface area (Å²) in [5.41, 5.74) is 9.23. The molecule has 1 aliphatic heterocycles. The van der Waals surface area contributed by atoms with Crippen molar-refractivity contribution >= 4 is 17.2 Å². The van der Waals surface area contributed by atoms with E-state index < -0.39 is 0 Å². The highest BCUT2D eigenvalue weighted by Crippen LogP contribution is 2.72. The lowest BCUT2D eigenvalue weighted by molar-refractivity contribution is -0.139. The molecule has 1 heterocycles. The highest BCUT2D eigenvalue weighted by atomic mass is 32.1. The average molecular weight is 439 g/mol. The highest BCUT2D eigenvalue weighted by Gasteiger charge is 2.66. The second-order valence-corrected chi connectivity index (χ2v) is 13.1. The summed E-state index contributed by atoms with van der Waals surface area (Å²) in [6, 6.07) is 11.8. The number of hydrogen-bond acceptors (Lipinski definition) is 2. The van der Waals surface area contributed by atoms with Crippen LogP contribution >= 0.6 is 12.2 Å². The first kappa shape index (κ1) is 21.9. The molecule has 5 fully saturated rings. The fourth-order valence-electron chi connectivity index (χ4n) is 8.61. The van der Waals surface area contributed by atoms with Crippen molar-refractivity contribution in [1.29, 1.82) is 0 Å². The van der Waals surface area contributed by atoms with Crippen LogP contribution in [0, 0.1) is 28.1 Å². The molecular weight excluding hydrogens is 396 g/mol. The number of piperidine rings is 1. The number of nitrogens with zero attached hydrogens (tertiary/aromatic N) is 1. The van der Waals surface area contributed by atoms with Gasteiger partial charge in [0, 0.05) is 24.5 Å². The summed E-state index contributed by atoms with van der Waals surface area (Å²) in [5, 5.41) is 0. The fraction of sp³-hybridized carbons (Fsp3) is 0.750. The molecule has 0 spiro atoms. The maximum atomic E-state index is 6.48. The van der Waals surface area contributed by atoms with E-state index in [1.807, 2.05) is 0 Å². The van der Waals surface area contributed by atoms with Gasteiger partial charge in [-0.25, -0.2) is 0 Å². The average Bonchev–Trinajstić information content (AvgIpc) is 2.74. The third-order valence-corrected chi connectivity index (χ3v) is 11.0. The van der Waals surface area contributed by atoms with Crippen molar-refractivity contribution in [2.24, 2.45) is 33.8 Å². The standard InChI is InChI=1S/C28H42N2S/c1-5-12-26(4)21-14-27(20-9-7-6-8-10-20)15-22(26)17-28(16-21,18-27)24(31)30-13-11-23(29)25(2,3)19-30/h6-10,21-23H,5,11-19,29H2,1-4H3/t21?,22?,23-,26?,27?,28?/m0/s1. The zero-order valence-electron chi connectivity index (χ0n) is 20.1. The Bertz CT molecular complexity index is 828. The van der Waals surface area contributed by atoms with E-state index in [1.54, 1.807) is 5.56 Å². The lowest BCUT2D eigenvalue weighted by Gasteiger charge is -2.69. The molecule has 4 aliphatic carbocycles. The van der Waals surface area contributed by atoms with Crippen molar-refractivity contribution in [3.63, 3.8) is 0 Å². The minimum Gasteiger partial charge on any atom is -0.365 e. The van der Waals surface area contributed by atoms with Gasteiger partial charge in [-0.05, 0) is 78.6 Å². The Kier molecular flexibility index (Phi) is 5.15. The predicted molar refractivity (Wildman–Crippen MR) is 134 cm³/mol. The minimum absolute atomic E-state index is 0.137. The van der Waals surface area contributed by atoms with Crippen LogP contribution in [0.4, 0.5) is 0 Å². The molecule has 1 aromatic carbocycles. The van der Waals surface area contributed by atoms with Gasteiger partial charge in [0.25, 0.3) is 0 Å². The number of likely N-dealkylation sites (tertiary alicyclic amines) is 1. The fourth-order valence-corrected chi connectivity index (χ4v) is 9.00. The largest absolute Gasteiger partial charge is 0.365 e. The zero-order chi connectivity index (χ0) is 22.1. The Balaban J connectivity index is 1.52. The van der Waals surface area contributed by atoms with E-state index >= 15 is 0 Å². The maximum absolute atomic E-state index is 6.48. The van der Waals surface area contributed by atoms with Gasteiger partial charge in [-0.3, -0.25) is 0 Å². The van der Waals surface area contributed by atoms with Gasteiger partial charge in [0.05, 0.1) is 4.99 Å². The van der Waals surface area contributed by atoms with Gasteiger partial charge < -0.3 is 10.6 Å². The molecular formula is C28H42N2S. The monoisotopic (exact) mass is 438 g/mol. The van der Waals surface area contributed by atoms with Crippen LogP contribution < -0.4 is 5.73 Å². The van der Waals surface area contributed by atoms with Gasteiger partial charge in [-0.15, -0.1) is 0 Å². The number of nitrogens with two attached hydrogens (primary N) is 1.